The fourth-order valence-corrected chi connectivity index (χ4v) is 1.94. The van der Waals surface area contributed by atoms with Crippen LogP contribution in [0.3, 0.4) is 0 Å². The molecule has 0 saturated heterocycles. The van der Waals surface area contributed by atoms with E-state index in [1.54, 1.807) is 0 Å². The molecule has 0 aliphatic carbocycles. The minimum atomic E-state index is -0.182. The van der Waals surface area contributed by atoms with E-state index < -0.39 is 0 Å². The van der Waals surface area contributed by atoms with Gasteiger partial charge in [0.05, 0.1) is 0 Å². The van der Waals surface area contributed by atoms with Crippen molar-refractivity contribution < 1.29 is 9.90 Å². The predicted molar refractivity (Wildman–Crippen MR) is 82.2 cm³/mol. The molecule has 5 heteroatoms. The summed E-state index contributed by atoms with van der Waals surface area (Å²) in [7, 11) is 0. The van der Waals surface area contributed by atoms with Crippen molar-refractivity contribution in [2.45, 2.75) is 20.3 Å². The molecular formula is C15H25N3O2. The van der Waals surface area contributed by atoms with E-state index in [9.17, 15) is 4.79 Å². The molecule has 20 heavy (non-hydrogen) atoms. The van der Waals surface area contributed by atoms with Crippen molar-refractivity contribution in [3.05, 3.63) is 29.8 Å². The predicted octanol–water partition coefficient (Wildman–Crippen LogP) is 1.50. The molecule has 0 aromatic heterocycles. The van der Waals surface area contributed by atoms with E-state index in [1.807, 2.05) is 6.07 Å². The van der Waals surface area contributed by atoms with Gasteiger partial charge in [-0.3, -0.25) is 0 Å². The molecule has 0 atom stereocenters. The minimum absolute atomic E-state index is 0.0945. The van der Waals surface area contributed by atoms with Crippen molar-refractivity contribution in [3.8, 4) is 0 Å². The van der Waals surface area contributed by atoms with Gasteiger partial charge in [0.25, 0.3) is 0 Å². The zero-order valence-corrected chi connectivity index (χ0v) is 12.4. The third-order valence-electron chi connectivity index (χ3n) is 3.04. The summed E-state index contributed by atoms with van der Waals surface area (Å²) >= 11 is 0. The van der Waals surface area contributed by atoms with E-state index in [0.717, 1.165) is 13.1 Å². The summed E-state index contributed by atoms with van der Waals surface area (Å²) < 4.78 is 0. The van der Waals surface area contributed by atoms with E-state index in [0.29, 0.717) is 19.5 Å². The molecule has 0 heterocycles. The molecule has 0 saturated carbocycles. The Kier molecular flexibility index (Phi) is 7.50. The average molecular weight is 279 g/mol. The minimum Gasteiger partial charge on any atom is -0.396 e. The van der Waals surface area contributed by atoms with Crippen LogP contribution in [-0.2, 0) is 0 Å². The number of hydrogen-bond donors (Lipinski definition) is 3. The third kappa shape index (κ3) is 5.93. The molecule has 1 rings (SSSR count). The number of carbonyl (C=O) groups excluding carboxylic acids is 1. The quantitative estimate of drug-likeness (QED) is 0.632. The number of nitrogens with one attached hydrogen (secondary N) is 2. The number of aliphatic hydroxyl groups is 1. The maximum atomic E-state index is 11.5. The largest absolute Gasteiger partial charge is 0.396 e. The van der Waals surface area contributed by atoms with Crippen molar-refractivity contribution in [3.63, 3.8) is 0 Å². The first-order valence-corrected chi connectivity index (χ1v) is 7.11. The number of amides is 2. The molecular weight excluding hydrogens is 254 g/mol. The summed E-state index contributed by atoms with van der Waals surface area (Å²) in [6.45, 7) is 7.03. The lowest BCUT2D eigenvalue weighted by atomic mass is 10.2. The Bertz CT molecular complexity index is 410. The van der Waals surface area contributed by atoms with Gasteiger partial charge in [-0.1, -0.05) is 12.1 Å². The summed E-state index contributed by atoms with van der Waals surface area (Å²) in [5.41, 5.74) is 2.41. The first kappa shape index (κ1) is 16.3. The molecule has 0 aliphatic rings. The molecule has 0 bridgehead atoms. The maximum Gasteiger partial charge on any atom is 0.314 e. The van der Waals surface area contributed by atoms with E-state index >= 15 is 0 Å². The lowest BCUT2D eigenvalue weighted by molar-refractivity contribution is 0.238. The van der Waals surface area contributed by atoms with Crippen LogP contribution in [0.25, 0.3) is 0 Å². The van der Waals surface area contributed by atoms with Crippen LogP contribution in [0.2, 0.25) is 0 Å². The van der Waals surface area contributed by atoms with Crippen LogP contribution in [-0.4, -0.2) is 43.9 Å². The second-order valence-corrected chi connectivity index (χ2v) is 4.68. The second-order valence-electron chi connectivity index (χ2n) is 4.68. The topological polar surface area (TPSA) is 64.6 Å². The van der Waals surface area contributed by atoms with Gasteiger partial charge in [0.2, 0.25) is 0 Å². The van der Waals surface area contributed by atoms with Crippen LogP contribution in [0, 0.1) is 6.92 Å². The smallest absolute Gasteiger partial charge is 0.314 e. The molecule has 112 valence electrons. The highest BCUT2D eigenvalue weighted by Gasteiger charge is 2.05. The number of urea groups is 1. The molecule has 0 radical (unpaired) electrons. The highest BCUT2D eigenvalue weighted by molar-refractivity contribution is 5.73. The van der Waals surface area contributed by atoms with Crippen molar-refractivity contribution in [1.82, 2.24) is 10.6 Å². The second kappa shape index (κ2) is 9.20. The van der Waals surface area contributed by atoms with Gasteiger partial charge in [-0.05, 0) is 38.0 Å². The fourth-order valence-electron chi connectivity index (χ4n) is 1.94. The highest BCUT2D eigenvalue weighted by Crippen LogP contribution is 2.14. The molecule has 0 aliphatic heterocycles. The normalized spacial score (nSPS) is 10.2. The first-order chi connectivity index (χ1) is 9.67. The maximum absolute atomic E-state index is 11.5. The first-order valence-electron chi connectivity index (χ1n) is 7.11. The van der Waals surface area contributed by atoms with Gasteiger partial charge in [-0.15, -0.1) is 0 Å². The number of aryl methyl sites for hydroxylation is 1. The summed E-state index contributed by atoms with van der Waals surface area (Å²) in [6.07, 6.45) is 0.581. The molecule has 2 amide bonds. The van der Waals surface area contributed by atoms with Gasteiger partial charge in [0.1, 0.15) is 0 Å². The van der Waals surface area contributed by atoms with Crippen molar-refractivity contribution in [2.24, 2.45) is 0 Å². The van der Waals surface area contributed by atoms with E-state index in [4.69, 9.17) is 5.11 Å². The molecule has 5 nitrogen and oxygen atoms in total. The van der Waals surface area contributed by atoms with Gasteiger partial charge in [0.15, 0.2) is 0 Å². The lowest BCUT2D eigenvalue weighted by Crippen LogP contribution is -2.40. The van der Waals surface area contributed by atoms with Gasteiger partial charge in [-0.2, -0.15) is 0 Å². The Labute approximate surface area is 121 Å². The van der Waals surface area contributed by atoms with Crippen LogP contribution < -0.4 is 15.5 Å². The molecule has 1 aromatic carbocycles. The Morgan fingerprint density at radius 2 is 2.05 bits per heavy atom. The Balaban J connectivity index is 2.33. The fraction of sp³-hybridized carbons (Fsp3) is 0.533. The van der Waals surface area contributed by atoms with Crippen LogP contribution in [0.15, 0.2) is 24.3 Å². The summed E-state index contributed by atoms with van der Waals surface area (Å²) in [5.74, 6) is 0. The molecule has 0 spiro atoms. The number of carbonyl (C=O) groups is 1. The van der Waals surface area contributed by atoms with Gasteiger partial charge in [-0.25, -0.2) is 4.79 Å². The zero-order chi connectivity index (χ0) is 14.8. The standard InChI is InChI=1S/C15H25N3O2/c1-3-18(14-7-4-6-13(2)12-14)10-9-17-15(20)16-8-5-11-19/h4,6-7,12,19H,3,5,8-11H2,1-2H3,(H2,16,17,20). The summed E-state index contributed by atoms with van der Waals surface area (Å²) in [6, 6.07) is 8.16. The van der Waals surface area contributed by atoms with Gasteiger partial charge < -0.3 is 20.6 Å². The number of aliphatic hydroxyl groups excluding tert-OH is 1. The van der Waals surface area contributed by atoms with E-state index in [1.165, 1.54) is 11.3 Å². The molecule has 0 unspecified atom stereocenters. The van der Waals surface area contributed by atoms with E-state index in [2.05, 4.69) is 47.6 Å². The van der Waals surface area contributed by atoms with Crippen LogP contribution in [0.4, 0.5) is 10.5 Å². The lowest BCUT2D eigenvalue weighted by Gasteiger charge is -2.23. The zero-order valence-electron chi connectivity index (χ0n) is 12.4. The van der Waals surface area contributed by atoms with Gasteiger partial charge in [0, 0.05) is 38.5 Å². The summed E-state index contributed by atoms with van der Waals surface area (Å²) in [5, 5.41) is 14.1. The molecule has 3 N–H and O–H groups in total. The van der Waals surface area contributed by atoms with Crippen LogP contribution in [0.1, 0.15) is 18.9 Å². The number of rotatable bonds is 8. The van der Waals surface area contributed by atoms with Crippen molar-refractivity contribution in [2.75, 3.05) is 37.7 Å². The number of benzene rings is 1. The van der Waals surface area contributed by atoms with E-state index in [-0.39, 0.29) is 12.6 Å². The van der Waals surface area contributed by atoms with Crippen LogP contribution >= 0.6 is 0 Å². The molecule has 1 aromatic rings. The summed E-state index contributed by atoms with van der Waals surface area (Å²) in [4.78, 5) is 13.7. The molecule has 0 fully saturated rings. The SMILES string of the molecule is CCN(CCNC(=O)NCCCO)c1cccc(C)c1. The average Bonchev–Trinajstić information content (AvgIpc) is 2.44. The highest BCUT2D eigenvalue weighted by atomic mass is 16.3. The monoisotopic (exact) mass is 279 g/mol. The van der Waals surface area contributed by atoms with Crippen molar-refractivity contribution in [1.29, 1.82) is 0 Å². The Morgan fingerprint density at radius 1 is 1.30 bits per heavy atom. The van der Waals surface area contributed by atoms with Crippen molar-refractivity contribution >= 4 is 11.7 Å². The number of anilines is 1. The Hall–Kier alpha value is -1.75. The third-order valence-corrected chi connectivity index (χ3v) is 3.04. The number of likely N-dealkylation sites (N-methyl/N-ethyl adjacent to an activating group) is 1. The number of hydrogen-bond acceptors (Lipinski definition) is 3. The number of nitrogens with zero attached hydrogens (tertiary/aromatic N) is 1. The van der Waals surface area contributed by atoms with Gasteiger partial charge >= 0.3 is 6.03 Å². The Morgan fingerprint density at radius 3 is 2.70 bits per heavy atom. The van der Waals surface area contributed by atoms with Crippen LogP contribution in [0.5, 0.6) is 0 Å².